The van der Waals surface area contributed by atoms with E-state index in [1.807, 2.05) is 0 Å². The molecule has 0 saturated carbocycles. The Balaban J connectivity index is 2.11. The number of methoxy groups -OCH3 is 1. The van der Waals surface area contributed by atoms with Crippen LogP contribution in [-0.4, -0.2) is 32.1 Å². The van der Waals surface area contributed by atoms with Crippen molar-refractivity contribution in [2.75, 3.05) is 20.3 Å². The van der Waals surface area contributed by atoms with Crippen LogP contribution in [0.4, 0.5) is 4.39 Å². The Morgan fingerprint density at radius 1 is 1.53 bits per heavy atom. The lowest BCUT2D eigenvalue weighted by Crippen LogP contribution is -2.26. The third kappa shape index (κ3) is 3.21. The quantitative estimate of drug-likeness (QED) is 0.818. The SMILES string of the molecule is COCCN=C1NC(=O)C(c2ccc(Cl)c(F)c2)N1. The Bertz CT molecular complexity index is 522. The first-order valence-electron chi connectivity index (χ1n) is 5.67. The maximum absolute atomic E-state index is 13.4. The Kier molecular flexibility index (Phi) is 4.34. The highest BCUT2D eigenvalue weighted by molar-refractivity contribution is 6.30. The fraction of sp³-hybridized carbons (Fsp3) is 0.333. The minimum atomic E-state index is -0.659. The number of halogens is 2. The van der Waals surface area contributed by atoms with Crippen LogP contribution in [0.5, 0.6) is 0 Å². The summed E-state index contributed by atoms with van der Waals surface area (Å²) in [5, 5.41) is 5.50. The van der Waals surface area contributed by atoms with Crippen LogP contribution in [0.15, 0.2) is 23.2 Å². The monoisotopic (exact) mass is 285 g/mol. The topological polar surface area (TPSA) is 62.7 Å². The molecule has 1 fully saturated rings. The molecule has 1 aliphatic heterocycles. The van der Waals surface area contributed by atoms with E-state index in [0.717, 1.165) is 0 Å². The molecule has 102 valence electrons. The van der Waals surface area contributed by atoms with Crippen molar-refractivity contribution < 1.29 is 13.9 Å². The number of carbonyl (C=O) groups excluding carboxylic acids is 1. The van der Waals surface area contributed by atoms with Crippen LogP contribution in [0.3, 0.4) is 0 Å². The smallest absolute Gasteiger partial charge is 0.253 e. The van der Waals surface area contributed by atoms with E-state index in [4.69, 9.17) is 16.3 Å². The highest BCUT2D eigenvalue weighted by Gasteiger charge is 2.29. The summed E-state index contributed by atoms with van der Waals surface area (Å²) >= 11 is 5.60. The number of amides is 1. The average molecular weight is 286 g/mol. The van der Waals surface area contributed by atoms with Gasteiger partial charge in [0.15, 0.2) is 5.96 Å². The maximum atomic E-state index is 13.4. The second-order valence-corrected chi connectivity index (χ2v) is 4.37. The average Bonchev–Trinajstić information content (AvgIpc) is 2.74. The van der Waals surface area contributed by atoms with Crippen LogP contribution >= 0.6 is 11.6 Å². The molecule has 0 aliphatic carbocycles. The fourth-order valence-electron chi connectivity index (χ4n) is 1.69. The van der Waals surface area contributed by atoms with Gasteiger partial charge in [-0.25, -0.2) is 4.39 Å². The van der Waals surface area contributed by atoms with Crippen molar-refractivity contribution in [3.05, 3.63) is 34.6 Å². The minimum absolute atomic E-state index is 0.0242. The molecule has 1 heterocycles. The molecule has 5 nitrogen and oxygen atoms in total. The zero-order valence-electron chi connectivity index (χ0n) is 10.2. The van der Waals surface area contributed by atoms with E-state index in [1.54, 1.807) is 13.2 Å². The number of hydrogen-bond donors (Lipinski definition) is 2. The zero-order valence-corrected chi connectivity index (χ0v) is 11.0. The van der Waals surface area contributed by atoms with Gasteiger partial charge in [0, 0.05) is 7.11 Å². The molecule has 2 rings (SSSR count). The van der Waals surface area contributed by atoms with Gasteiger partial charge in [0.25, 0.3) is 5.91 Å². The van der Waals surface area contributed by atoms with Crippen molar-refractivity contribution in [3.8, 4) is 0 Å². The van der Waals surface area contributed by atoms with E-state index in [0.29, 0.717) is 24.7 Å². The molecule has 0 spiro atoms. The third-order valence-corrected chi connectivity index (χ3v) is 2.93. The first-order valence-corrected chi connectivity index (χ1v) is 6.05. The number of nitrogens with zero attached hydrogens (tertiary/aromatic N) is 1. The molecule has 0 radical (unpaired) electrons. The lowest BCUT2D eigenvalue weighted by atomic mass is 10.1. The summed E-state index contributed by atoms with van der Waals surface area (Å²) in [6.45, 7) is 0.891. The van der Waals surface area contributed by atoms with Crippen molar-refractivity contribution in [2.45, 2.75) is 6.04 Å². The fourth-order valence-corrected chi connectivity index (χ4v) is 1.81. The van der Waals surface area contributed by atoms with Crippen molar-refractivity contribution in [1.82, 2.24) is 10.6 Å². The maximum Gasteiger partial charge on any atom is 0.253 e. The minimum Gasteiger partial charge on any atom is -0.383 e. The molecule has 7 heteroatoms. The van der Waals surface area contributed by atoms with Gasteiger partial charge in [0.2, 0.25) is 0 Å². The van der Waals surface area contributed by atoms with Gasteiger partial charge in [-0.3, -0.25) is 15.1 Å². The molecule has 2 N–H and O–H groups in total. The molecular formula is C12H13ClFN3O2. The predicted octanol–water partition coefficient (Wildman–Crippen LogP) is 1.24. The van der Waals surface area contributed by atoms with Crippen molar-refractivity contribution in [1.29, 1.82) is 0 Å². The summed E-state index contributed by atoms with van der Waals surface area (Å²) in [6.07, 6.45) is 0. The molecular weight excluding hydrogens is 273 g/mol. The van der Waals surface area contributed by atoms with E-state index < -0.39 is 11.9 Å². The van der Waals surface area contributed by atoms with Gasteiger partial charge in [-0.15, -0.1) is 0 Å². The Hall–Kier alpha value is -1.66. The normalized spacial score (nSPS) is 20.5. The second-order valence-electron chi connectivity index (χ2n) is 3.96. The molecule has 0 aromatic heterocycles. The number of aliphatic imine (C=N–C) groups is 1. The summed E-state index contributed by atoms with van der Waals surface area (Å²) in [5.74, 6) is -0.473. The number of nitrogens with one attached hydrogen (secondary N) is 2. The van der Waals surface area contributed by atoms with Crippen LogP contribution in [-0.2, 0) is 9.53 Å². The number of rotatable bonds is 4. The van der Waals surface area contributed by atoms with Gasteiger partial charge in [-0.05, 0) is 17.7 Å². The van der Waals surface area contributed by atoms with Crippen LogP contribution < -0.4 is 10.6 Å². The van der Waals surface area contributed by atoms with Crippen LogP contribution in [0, 0.1) is 5.82 Å². The number of carbonyl (C=O) groups is 1. The first-order chi connectivity index (χ1) is 9.11. The van der Waals surface area contributed by atoms with Gasteiger partial charge in [-0.1, -0.05) is 17.7 Å². The highest BCUT2D eigenvalue weighted by Crippen LogP contribution is 2.22. The van der Waals surface area contributed by atoms with E-state index in [2.05, 4.69) is 15.6 Å². The van der Waals surface area contributed by atoms with Gasteiger partial charge < -0.3 is 10.1 Å². The van der Waals surface area contributed by atoms with Crippen molar-refractivity contribution in [3.63, 3.8) is 0 Å². The van der Waals surface area contributed by atoms with Gasteiger partial charge in [-0.2, -0.15) is 0 Å². The van der Waals surface area contributed by atoms with Crippen LogP contribution in [0.1, 0.15) is 11.6 Å². The van der Waals surface area contributed by atoms with Gasteiger partial charge in [0.1, 0.15) is 11.9 Å². The Morgan fingerprint density at radius 2 is 2.32 bits per heavy atom. The summed E-state index contributed by atoms with van der Waals surface area (Å²) < 4.78 is 18.2. The number of benzene rings is 1. The van der Waals surface area contributed by atoms with E-state index in [9.17, 15) is 9.18 Å². The number of ether oxygens (including phenoxy) is 1. The summed E-state index contributed by atoms with van der Waals surface area (Å²) in [4.78, 5) is 15.9. The Morgan fingerprint density at radius 3 is 3.00 bits per heavy atom. The molecule has 1 unspecified atom stereocenters. The molecule has 1 aromatic carbocycles. The van der Waals surface area contributed by atoms with E-state index >= 15 is 0 Å². The molecule has 19 heavy (non-hydrogen) atoms. The van der Waals surface area contributed by atoms with Crippen molar-refractivity contribution in [2.24, 2.45) is 4.99 Å². The third-order valence-electron chi connectivity index (χ3n) is 2.63. The molecule has 1 atom stereocenters. The molecule has 1 aromatic rings. The lowest BCUT2D eigenvalue weighted by molar-refractivity contribution is -0.120. The van der Waals surface area contributed by atoms with Crippen LogP contribution in [0.25, 0.3) is 0 Å². The zero-order chi connectivity index (χ0) is 13.8. The molecule has 0 bridgehead atoms. The largest absolute Gasteiger partial charge is 0.383 e. The lowest BCUT2D eigenvalue weighted by Gasteiger charge is -2.08. The molecule has 1 saturated heterocycles. The molecule has 1 amide bonds. The van der Waals surface area contributed by atoms with E-state index in [-0.39, 0.29) is 10.9 Å². The highest BCUT2D eigenvalue weighted by atomic mass is 35.5. The number of guanidine groups is 1. The number of hydrogen-bond acceptors (Lipinski definition) is 3. The van der Waals surface area contributed by atoms with Gasteiger partial charge >= 0.3 is 0 Å². The van der Waals surface area contributed by atoms with Crippen LogP contribution in [0.2, 0.25) is 5.02 Å². The van der Waals surface area contributed by atoms with Gasteiger partial charge in [0.05, 0.1) is 18.2 Å². The Labute approximate surface area is 114 Å². The summed E-state index contributed by atoms with van der Waals surface area (Å²) in [6, 6.07) is 3.59. The second kappa shape index (κ2) is 5.99. The molecule has 1 aliphatic rings. The predicted molar refractivity (Wildman–Crippen MR) is 69.6 cm³/mol. The van der Waals surface area contributed by atoms with E-state index in [1.165, 1.54) is 12.1 Å². The first kappa shape index (κ1) is 13.8. The van der Waals surface area contributed by atoms with Crippen molar-refractivity contribution >= 4 is 23.5 Å². The summed E-state index contributed by atoms with van der Waals surface area (Å²) in [7, 11) is 1.57. The summed E-state index contributed by atoms with van der Waals surface area (Å²) in [5.41, 5.74) is 0.497. The standard InChI is InChI=1S/C12H13ClFN3O2/c1-19-5-4-15-12-16-10(11(18)17-12)7-2-3-8(13)9(14)6-7/h2-3,6,10H,4-5H2,1H3,(H2,15,16,17,18).